The Balaban J connectivity index is 1.85. The second-order valence-electron chi connectivity index (χ2n) is 5.05. The lowest BCUT2D eigenvalue weighted by Crippen LogP contribution is -2.22. The zero-order valence-electron chi connectivity index (χ0n) is 11.3. The maximum absolute atomic E-state index is 10.9. The number of carboxylic acid groups (broad SMARTS) is 1. The molecule has 0 aliphatic carbocycles. The number of carboxylic acids is 1. The van der Waals surface area contributed by atoms with Crippen molar-refractivity contribution < 1.29 is 14.6 Å². The highest BCUT2D eigenvalue weighted by molar-refractivity contribution is 5.70. The first-order chi connectivity index (χ1) is 9.19. The van der Waals surface area contributed by atoms with Gasteiger partial charge in [0.25, 0.3) is 0 Å². The van der Waals surface area contributed by atoms with E-state index in [9.17, 15) is 4.79 Å². The Morgan fingerprint density at radius 1 is 1.42 bits per heavy atom. The number of ether oxygens (including phenoxy) is 1. The van der Waals surface area contributed by atoms with E-state index in [-0.39, 0.29) is 5.92 Å². The van der Waals surface area contributed by atoms with Crippen LogP contribution in [0.4, 0.5) is 0 Å². The molecular formula is C15H21NO3. The van der Waals surface area contributed by atoms with E-state index < -0.39 is 5.97 Å². The summed E-state index contributed by atoms with van der Waals surface area (Å²) in [6.07, 6.45) is 1.76. The topological polar surface area (TPSA) is 49.8 Å². The molecule has 4 nitrogen and oxygen atoms in total. The van der Waals surface area contributed by atoms with Gasteiger partial charge in [-0.15, -0.1) is 0 Å². The number of hydrogen-bond acceptors (Lipinski definition) is 3. The molecule has 19 heavy (non-hydrogen) atoms. The van der Waals surface area contributed by atoms with Crippen molar-refractivity contribution in [1.82, 2.24) is 4.90 Å². The van der Waals surface area contributed by atoms with Gasteiger partial charge >= 0.3 is 5.97 Å². The van der Waals surface area contributed by atoms with Crippen LogP contribution in [0.1, 0.15) is 25.3 Å². The molecule has 1 aliphatic heterocycles. The van der Waals surface area contributed by atoms with Crippen LogP contribution in [0.2, 0.25) is 0 Å². The second kappa shape index (κ2) is 6.57. The molecule has 0 saturated carbocycles. The number of rotatable bonds is 6. The third kappa shape index (κ3) is 3.96. The lowest BCUT2D eigenvalue weighted by Gasteiger charge is -2.15. The van der Waals surface area contributed by atoms with Crippen molar-refractivity contribution in [2.75, 3.05) is 19.7 Å². The predicted octanol–water partition coefficient (Wildman–Crippen LogP) is 2.38. The number of hydrogen-bond donors (Lipinski definition) is 1. The number of likely N-dealkylation sites (tertiary alicyclic amines) is 1. The highest BCUT2D eigenvalue weighted by atomic mass is 16.5. The van der Waals surface area contributed by atoms with Crippen molar-refractivity contribution >= 4 is 5.97 Å². The Bertz CT molecular complexity index is 416. The Kier molecular flexibility index (Phi) is 4.80. The van der Waals surface area contributed by atoms with Gasteiger partial charge in [0, 0.05) is 13.1 Å². The minimum absolute atomic E-state index is 0.202. The zero-order chi connectivity index (χ0) is 13.7. The van der Waals surface area contributed by atoms with Crippen molar-refractivity contribution in [3.63, 3.8) is 0 Å². The fourth-order valence-electron chi connectivity index (χ4n) is 2.35. The van der Waals surface area contributed by atoms with Gasteiger partial charge in [-0.3, -0.25) is 9.69 Å². The monoisotopic (exact) mass is 263 g/mol. The highest BCUT2D eigenvalue weighted by Crippen LogP contribution is 2.20. The zero-order valence-corrected chi connectivity index (χ0v) is 11.3. The molecule has 1 unspecified atom stereocenters. The molecule has 0 radical (unpaired) electrons. The van der Waals surface area contributed by atoms with Gasteiger partial charge in [-0.2, -0.15) is 0 Å². The first kappa shape index (κ1) is 13.9. The van der Waals surface area contributed by atoms with Crippen LogP contribution in [0.15, 0.2) is 24.3 Å². The number of benzene rings is 1. The summed E-state index contributed by atoms with van der Waals surface area (Å²) >= 11 is 0. The Morgan fingerprint density at radius 3 is 2.74 bits per heavy atom. The van der Waals surface area contributed by atoms with Crippen LogP contribution in [0.25, 0.3) is 0 Å². The van der Waals surface area contributed by atoms with Crippen LogP contribution in [0.3, 0.4) is 0 Å². The molecule has 0 aromatic heterocycles. The van der Waals surface area contributed by atoms with Gasteiger partial charge in [-0.25, -0.2) is 0 Å². The summed E-state index contributed by atoms with van der Waals surface area (Å²) < 4.78 is 5.54. The summed E-state index contributed by atoms with van der Waals surface area (Å²) in [7, 11) is 0. The van der Waals surface area contributed by atoms with Crippen LogP contribution < -0.4 is 4.74 Å². The molecule has 1 N–H and O–H groups in total. The van der Waals surface area contributed by atoms with E-state index in [0.29, 0.717) is 6.54 Å². The van der Waals surface area contributed by atoms with Gasteiger partial charge in [0.15, 0.2) is 0 Å². The highest BCUT2D eigenvalue weighted by Gasteiger charge is 2.27. The number of aliphatic carboxylic acids is 1. The number of nitrogens with zero attached hydrogens (tertiary/aromatic N) is 1. The van der Waals surface area contributed by atoms with Crippen molar-refractivity contribution in [1.29, 1.82) is 0 Å². The standard InChI is InChI=1S/C15H21NO3/c1-2-9-19-14-5-3-12(4-6-14)10-16-8-7-13(11-16)15(17)18/h3-6,13H,2,7-11H2,1H3,(H,17,18). The summed E-state index contributed by atoms with van der Waals surface area (Å²) in [5, 5.41) is 8.97. The first-order valence-corrected chi connectivity index (χ1v) is 6.86. The van der Waals surface area contributed by atoms with Crippen molar-refractivity contribution in [2.24, 2.45) is 5.92 Å². The molecule has 104 valence electrons. The van der Waals surface area contributed by atoms with Gasteiger partial charge in [0.1, 0.15) is 5.75 Å². The van der Waals surface area contributed by atoms with E-state index in [1.165, 1.54) is 5.56 Å². The summed E-state index contributed by atoms with van der Waals surface area (Å²) in [4.78, 5) is 13.1. The van der Waals surface area contributed by atoms with E-state index in [1.54, 1.807) is 0 Å². The van der Waals surface area contributed by atoms with Crippen LogP contribution in [0, 0.1) is 5.92 Å². The predicted molar refractivity (Wildman–Crippen MR) is 73.2 cm³/mol. The second-order valence-corrected chi connectivity index (χ2v) is 5.05. The van der Waals surface area contributed by atoms with Crippen LogP contribution in [0.5, 0.6) is 5.75 Å². The smallest absolute Gasteiger partial charge is 0.307 e. The van der Waals surface area contributed by atoms with Crippen molar-refractivity contribution in [3.8, 4) is 5.75 Å². The molecule has 1 aromatic carbocycles. The van der Waals surface area contributed by atoms with Gasteiger partial charge in [0.05, 0.1) is 12.5 Å². The molecule has 1 aromatic rings. The minimum atomic E-state index is -0.675. The Hall–Kier alpha value is -1.55. The first-order valence-electron chi connectivity index (χ1n) is 6.86. The summed E-state index contributed by atoms with van der Waals surface area (Å²) in [5.41, 5.74) is 1.20. The lowest BCUT2D eigenvalue weighted by atomic mass is 10.1. The van der Waals surface area contributed by atoms with Crippen molar-refractivity contribution in [3.05, 3.63) is 29.8 Å². The lowest BCUT2D eigenvalue weighted by molar-refractivity contribution is -0.141. The van der Waals surface area contributed by atoms with Gasteiger partial charge in [-0.1, -0.05) is 19.1 Å². The van der Waals surface area contributed by atoms with Crippen LogP contribution in [-0.4, -0.2) is 35.7 Å². The molecule has 1 atom stereocenters. The quantitative estimate of drug-likeness (QED) is 0.856. The van der Waals surface area contributed by atoms with E-state index in [4.69, 9.17) is 9.84 Å². The fraction of sp³-hybridized carbons (Fsp3) is 0.533. The summed E-state index contributed by atoms with van der Waals surface area (Å²) in [6, 6.07) is 8.07. The molecule has 1 aliphatic rings. The fourth-order valence-corrected chi connectivity index (χ4v) is 2.35. The van der Waals surface area contributed by atoms with Crippen LogP contribution in [-0.2, 0) is 11.3 Å². The molecule has 0 amide bonds. The molecule has 0 spiro atoms. The van der Waals surface area contributed by atoms with E-state index >= 15 is 0 Å². The summed E-state index contributed by atoms with van der Waals surface area (Å²) in [5.74, 6) is 0.0217. The van der Waals surface area contributed by atoms with Gasteiger partial charge < -0.3 is 9.84 Å². The van der Waals surface area contributed by atoms with Crippen molar-refractivity contribution in [2.45, 2.75) is 26.3 Å². The largest absolute Gasteiger partial charge is 0.494 e. The van der Waals surface area contributed by atoms with E-state index in [2.05, 4.69) is 24.0 Å². The molecule has 1 heterocycles. The SMILES string of the molecule is CCCOc1ccc(CN2CCC(C(=O)O)C2)cc1. The maximum Gasteiger partial charge on any atom is 0.307 e. The summed E-state index contributed by atoms with van der Waals surface area (Å²) in [6.45, 7) is 5.17. The number of carbonyl (C=O) groups is 1. The third-order valence-electron chi connectivity index (χ3n) is 3.42. The van der Waals surface area contributed by atoms with Gasteiger partial charge in [0.2, 0.25) is 0 Å². The molecule has 1 fully saturated rings. The molecule has 2 rings (SSSR count). The van der Waals surface area contributed by atoms with E-state index in [1.807, 2.05) is 12.1 Å². The van der Waals surface area contributed by atoms with Gasteiger partial charge in [-0.05, 0) is 37.1 Å². The Morgan fingerprint density at radius 2 is 2.16 bits per heavy atom. The molecular weight excluding hydrogens is 242 g/mol. The minimum Gasteiger partial charge on any atom is -0.494 e. The average Bonchev–Trinajstić information content (AvgIpc) is 2.87. The third-order valence-corrected chi connectivity index (χ3v) is 3.42. The Labute approximate surface area is 114 Å². The van der Waals surface area contributed by atoms with E-state index in [0.717, 1.165) is 38.3 Å². The molecule has 1 saturated heterocycles. The maximum atomic E-state index is 10.9. The van der Waals surface area contributed by atoms with Crippen LogP contribution >= 0.6 is 0 Å². The molecule has 4 heteroatoms. The molecule has 0 bridgehead atoms. The average molecular weight is 263 g/mol. The normalized spacial score (nSPS) is 19.5.